The summed E-state index contributed by atoms with van der Waals surface area (Å²) < 4.78 is 11.3. The summed E-state index contributed by atoms with van der Waals surface area (Å²) in [5.74, 6) is 1.01. The zero-order valence-corrected chi connectivity index (χ0v) is 21.9. The first-order chi connectivity index (χ1) is 16.1. The molecule has 1 amide bonds. The number of nitrogens with zero attached hydrogens (tertiary/aromatic N) is 2. The fourth-order valence-electron chi connectivity index (χ4n) is 3.38. The van der Waals surface area contributed by atoms with Crippen molar-refractivity contribution in [3.63, 3.8) is 0 Å². The van der Waals surface area contributed by atoms with E-state index in [9.17, 15) is 4.79 Å². The standard InChI is InChI=1S/C24H28Cl2N4O3S/c1-24(2,3)33-23(31)30-11-15(12-30)13-32-18-7-5-16(6-8-18)21-19(25)9-17(10-20(21)26)29-22(34-4)28-14-27/h5-10,15,22,28-29H,11-13H2,1-4H3. The van der Waals surface area contributed by atoms with Gasteiger partial charge in [0.2, 0.25) is 0 Å². The molecule has 0 bridgehead atoms. The lowest BCUT2D eigenvalue weighted by molar-refractivity contribution is -0.00781. The average molecular weight is 523 g/mol. The number of nitriles is 1. The highest BCUT2D eigenvalue weighted by molar-refractivity contribution is 7.99. The van der Waals surface area contributed by atoms with Gasteiger partial charge in [-0.15, -0.1) is 11.8 Å². The molecule has 1 aliphatic heterocycles. The summed E-state index contributed by atoms with van der Waals surface area (Å²) in [5, 5.41) is 15.6. The van der Waals surface area contributed by atoms with Crippen molar-refractivity contribution in [2.24, 2.45) is 5.92 Å². The van der Waals surface area contributed by atoms with E-state index in [1.807, 2.05) is 57.5 Å². The number of hydrogen-bond acceptors (Lipinski definition) is 7. The largest absolute Gasteiger partial charge is 0.493 e. The normalized spacial score (nSPS) is 14.6. The lowest BCUT2D eigenvalue weighted by Gasteiger charge is -2.39. The molecule has 0 spiro atoms. The molecular weight excluding hydrogens is 495 g/mol. The number of carbonyl (C=O) groups excluding carboxylic acids is 1. The fraction of sp³-hybridized carbons (Fsp3) is 0.417. The molecule has 1 unspecified atom stereocenters. The Kier molecular flexibility index (Phi) is 8.69. The third-order valence-corrected chi connectivity index (χ3v) is 6.31. The van der Waals surface area contributed by atoms with Crippen LogP contribution in [0.4, 0.5) is 10.5 Å². The number of likely N-dealkylation sites (tertiary alicyclic amines) is 1. The van der Waals surface area contributed by atoms with E-state index in [2.05, 4.69) is 10.6 Å². The number of benzene rings is 2. The Morgan fingerprint density at radius 1 is 1.24 bits per heavy atom. The molecule has 34 heavy (non-hydrogen) atoms. The van der Waals surface area contributed by atoms with Crippen LogP contribution in [-0.2, 0) is 4.74 Å². The molecule has 0 radical (unpaired) electrons. The number of nitrogens with one attached hydrogen (secondary N) is 2. The van der Waals surface area contributed by atoms with Gasteiger partial charge in [-0.05, 0) is 56.9 Å². The summed E-state index contributed by atoms with van der Waals surface area (Å²) >= 11 is 14.5. The minimum absolute atomic E-state index is 0.275. The lowest BCUT2D eigenvalue weighted by atomic mass is 10.0. The molecule has 2 aromatic rings. The molecule has 10 heteroatoms. The number of hydrogen-bond donors (Lipinski definition) is 2. The van der Waals surface area contributed by atoms with Gasteiger partial charge in [-0.1, -0.05) is 35.3 Å². The molecule has 1 atom stereocenters. The molecule has 0 aliphatic carbocycles. The Hall–Kier alpha value is -2.47. The van der Waals surface area contributed by atoms with Gasteiger partial charge < -0.3 is 19.7 Å². The molecule has 1 fully saturated rings. The lowest BCUT2D eigenvalue weighted by Crippen LogP contribution is -2.53. The molecule has 2 aromatic carbocycles. The summed E-state index contributed by atoms with van der Waals surface area (Å²) in [6, 6.07) is 11.1. The second-order valence-electron chi connectivity index (χ2n) is 8.92. The number of rotatable bonds is 8. The van der Waals surface area contributed by atoms with Gasteiger partial charge in [-0.3, -0.25) is 5.32 Å². The minimum atomic E-state index is -0.491. The van der Waals surface area contributed by atoms with Crippen LogP contribution in [0.1, 0.15) is 20.8 Å². The Labute approximate surface area is 214 Å². The molecule has 2 N–H and O–H groups in total. The summed E-state index contributed by atoms with van der Waals surface area (Å²) in [4.78, 5) is 13.7. The first-order valence-electron chi connectivity index (χ1n) is 10.7. The van der Waals surface area contributed by atoms with Crippen molar-refractivity contribution < 1.29 is 14.3 Å². The van der Waals surface area contributed by atoms with E-state index in [1.165, 1.54) is 11.8 Å². The van der Waals surface area contributed by atoms with Crippen LogP contribution in [0.25, 0.3) is 11.1 Å². The fourth-order valence-corrected chi connectivity index (χ4v) is 4.51. The van der Waals surface area contributed by atoms with E-state index in [-0.39, 0.29) is 17.5 Å². The van der Waals surface area contributed by atoms with Gasteiger partial charge in [0.05, 0.1) is 16.7 Å². The molecule has 182 valence electrons. The monoisotopic (exact) mass is 522 g/mol. The molecule has 1 saturated heterocycles. The molecular formula is C24H28Cl2N4O3S. The Morgan fingerprint density at radius 3 is 2.38 bits per heavy atom. The van der Waals surface area contributed by atoms with Gasteiger partial charge in [-0.2, -0.15) is 5.26 Å². The molecule has 7 nitrogen and oxygen atoms in total. The van der Waals surface area contributed by atoms with Crippen molar-refractivity contribution >= 4 is 46.7 Å². The predicted molar refractivity (Wildman–Crippen MR) is 138 cm³/mol. The van der Waals surface area contributed by atoms with E-state index >= 15 is 0 Å². The predicted octanol–water partition coefficient (Wildman–Crippen LogP) is 6.04. The number of halogens is 2. The zero-order chi connectivity index (χ0) is 24.9. The smallest absolute Gasteiger partial charge is 0.410 e. The van der Waals surface area contributed by atoms with Gasteiger partial charge in [0.25, 0.3) is 0 Å². The van der Waals surface area contributed by atoms with E-state index in [0.717, 1.165) is 16.9 Å². The van der Waals surface area contributed by atoms with Gasteiger partial charge in [0, 0.05) is 30.3 Å². The third-order valence-electron chi connectivity index (χ3n) is 5.01. The Morgan fingerprint density at radius 2 is 1.85 bits per heavy atom. The summed E-state index contributed by atoms with van der Waals surface area (Å²) in [6.07, 6.45) is 3.51. The van der Waals surface area contributed by atoms with E-state index in [1.54, 1.807) is 17.0 Å². The first-order valence-corrected chi connectivity index (χ1v) is 12.8. The first kappa shape index (κ1) is 26.1. The number of amides is 1. The van der Waals surface area contributed by atoms with Crippen molar-refractivity contribution in [3.05, 3.63) is 46.4 Å². The van der Waals surface area contributed by atoms with Crippen molar-refractivity contribution in [1.82, 2.24) is 10.2 Å². The Balaban J connectivity index is 1.56. The maximum absolute atomic E-state index is 12.0. The van der Waals surface area contributed by atoms with Crippen LogP contribution >= 0.6 is 35.0 Å². The highest BCUT2D eigenvalue weighted by atomic mass is 35.5. The van der Waals surface area contributed by atoms with Gasteiger partial charge >= 0.3 is 6.09 Å². The van der Waals surface area contributed by atoms with Crippen LogP contribution in [0.15, 0.2) is 36.4 Å². The molecule has 1 heterocycles. The van der Waals surface area contributed by atoms with Crippen molar-refractivity contribution in [1.29, 1.82) is 5.26 Å². The number of carbonyl (C=O) groups is 1. The van der Waals surface area contributed by atoms with Gasteiger partial charge in [0.1, 0.15) is 11.4 Å². The van der Waals surface area contributed by atoms with Crippen LogP contribution in [0.2, 0.25) is 10.0 Å². The number of anilines is 1. The van der Waals surface area contributed by atoms with E-state index < -0.39 is 5.60 Å². The average Bonchev–Trinajstić information content (AvgIpc) is 2.71. The van der Waals surface area contributed by atoms with E-state index in [4.69, 9.17) is 37.9 Å². The number of thioether (sulfide) groups is 1. The minimum Gasteiger partial charge on any atom is -0.493 e. The summed E-state index contributed by atoms with van der Waals surface area (Å²) in [7, 11) is 0. The van der Waals surface area contributed by atoms with E-state index in [0.29, 0.717) is 35.4 Å². The highest BCUT2D eigenvalue weighted by Gasteiger charge is 2.34. The maximum atomic E-state index is 12.0. The maximum Gasteiger partial charge on any atom is 0.410 e. The molecule has 0 aromatic heterocycles. The SMILES string of the molecule is CSC(NC#N)Nc1cc(Cl)c(-c2ccc(OCC3CN(C(=O)OC(C)(C)C)C3)cc2)c(Cl)c1. The van der Waals surface area contributed by atoms with Crippen LogP contribution in [0.3, 0.4) is 0 Å². The molecule has 1 aliphatic rings. The zero-order valence-electron chi connectivity index (χ0n) is 19.5. The second-order valence-corrected chi connectivity index (χ2v) is 10.7. The molecule has 3 rings (SSSR count). The second kappa shape index (κ2) is 11.3. The van der Waals surface area contributed by atoms with Crippen LogP contribution < -0.4 is 15.4 Å². The Bertz CT molecular complexity index is 1020. The highest BCUT2D eigenvalue weighted by Crippen LogP contribution is 2.38. The summed E-state index contributed by atoms with van der Waals surface area (Å²) in [5.41, 5.74) is 1.52. The van der Waals surface area contributed by atoms with Gasteiger partial charge in [-0.25, -0.2) is 4.79 Å². The van der Waals surface area contributed by atoms with Crippen molar-refractivity contribution in [2.45, 2.75) is 31.9 Å². The van der Waals surface area contributed by atoms with Crippen LogP contribution in [-0.4, -0.2) is 48.0 Å². The molecule has 0 saturated carbocycles. The van der Waals surface area contributed by atoms with Crippen molar-refractivity contribution in [3.8, 4) is 23.1 Å². The topological polar surface area (TPSA) is 86.6 Å². The van der Waals surface area contributed by atoms with Crippen LogP contribution in [0.5, 0.6) is 5.75 Å². The van der Waals surface area contributed by atoms with Gasteiger partial charge in [0.15, 0.2) is 11.7 Å². The quantitative estimate of drug-likeness (QED) is 0.248. The third kappa shape index (κ3) is 7.02. The number of ether oxygens (including phenoxy) is 2. The van der Waals surface area contributed by atoms with Crippen LogP contribution in [0, 0.1) is 17.4 Å². The van der Waals surface area contributed by atoms with Crippen molar-refractivity contribution in [2.75, 3.05) is 31.3 Å². The summed E-state index contributed by atoms with van der Waals surface area (Å²) in [6.45, 7) is 7.34.